The topological polar surface area (TPSA) is 52.8 Å². The molecule has 2 amide bonds. The van der Waals surface area contributed by atoms with Gasteiger partial charge in [-0.2, -0.15) is 0 Å². The van der Waals surface area contributed by atoms with Gasteiger partial charge in [0, 0.05) is 39.8 Å². The van der Waals surface area contributed by atoms with Crippen molar-refractivity contribution in [3.63, 3.8) is 0 Å². The summed E-state index contributed by atoms with van der Waals surface area (Å²) < 4.78 is 0. The first-order valence-electron chi connectivity index (χ1n) is 6.73. The molecule has 0 unspecified atom stereocenters. The summed E-state index contributed by atoms with van der Waals surface area (Å²) in [4.78, 5) is 17.9. The number of amides is 2. The fourth-order valence-corrected chi connectivity index (χ4v) is 2.29. The summed E-state index contributed by atoms with van der Waals surface area (Å²) in [7, 11) is 1.84. The molecular weight excluding hydrogens is 240 g/mol. The number of para-hydroxylation sites is 2. The first-order valence-corrected chi connectivity index (χ1v) is 6.73. The van der Waals surface area contributed by atoms with Crippen LogP contribution in [0.15, 0.2) is 24.3 Å². The Balaban J connectivity index is 1.96. The molecule has 1 aromatic carbocycles. The predicted octanol–water partition coefficient (Wildman–Crippen LogP) is 1.46. The van der Waals surface area contributed by atoms with Gasteiger partial charge in [-0.25, -0.2) is 4.79 Å². The fourth-order valence-electron chi connectivity index (χ4n) is 2.29. The van der Waals surface area contributed by atoms with Gasteiger partial charge in [-0.3, -0.25) is 0 Å². The molecule has 1 aliphatic rings. The van der Waals surface area contributed by atoms with Crippen LogP contribution in [0, 0.1) is 0 Å². The van der Waals surface area contributed by atoms with Crippen LogP contribution in [0.2, 0.25) is 0 Å². The molecule has 1 saturated heterocycles. The standard InChI is InChI=1S/C14H22N4O/c1-3-16(2)14(19)18-10-8-17(9-11-18)13-7-5-4-6-12(13)15/h4-7H,3,8-11,15H2,1-2H3. The molecule has 19 heavy (non-hydrogen) atoms. The van der Waals surface area contributed by atoms with Gasteiger partial charge in [-0.05, 0) is 19.1 Å². The second-order valence-electron chi connectivity index (χ2n) is 4.83. The van der Waals surface area contributed by atoms with Crippen LogP contribution in [0.4, 0.5) is 16.2 Å². The summed E-state index contributed by atoms with van der Waals surface area (Å²) in [6.07, 6.45) is 0. The third-order valence-electron chi connectivity index (χ3n) is 3.63. The van der Waals surface area contributed by atoms with Gasteiger partial charge >= 0.3 is 6.03 Å². The van der Waals surface area contributed by atoms with Crippen LogP contribution in [0.3, 0.4) is 0 Å². The largest absolute Gasteiger partial charge is 0.397 e. The maximum atomic E-state index is 12.0. The first kappa shape index (κ1) is 13.5. The van der Waals surface area contributed by atoms with Crippen LogP contribution in [-0.2, 0) is 0 Å². The number of hydrogen-bond acceptors (Lipinski definition) is 3. The summed E-state index contributed by atoms with van der Waals surface area (Å²) in [5.41, 5.74) is 7.85. The molecule has 2 rings (SSSR count). The monoisotopic (exact) mass is 262 g/mol. The first-order chi connectivity index (χ1) is 9.13. The molecule has 0 atom stereocenters. The van der Waals surface area contributed by atoms with Crippen molar-refractivity contribution in [2.24, 2.45) is 0 Å². The Kier molecular flexibility index (Phi) is 4.14. The van der Waals surface area contributed by atoms with Crippen LogP contribution in [0.5, 0.6) is 0 Å². The zero-order valence-electron chi connectivity index (χ0n) is 11.7. The fraction of sp³-hybridized carbons (Fsp3) is 0.500. The number of piperazine rings is 1. The second kappa shape index (κ2) is 5.82. The summed E-state index contributed by atoms with van der Waals surface area (Å²) in [5, 5.41) is 0. The van der Waals surface area contributed by atoms with Gasteiger partial charge in [-0.15, -0.1) is 0 Å². The van der Waals surface area contributed by atoms with Crippen molar-refractivity contribution < 1.29 is 4.79 Å². The van der Waals surface area contributed by atoms with Gasteiger partial charge in [0.1, 0.15) is 0 Å². The molecule has 1 heterocycles. The summed E-state index contributed by atoms with van der Waals surface area (Å²) in [6, 6.07) is 7.99. The lowest BCUT2D eigenvalue weighted by atomic mass is 10.2. The van der Waals surface area contributed by atoms with E-state index in [9.17, 15) is 4.79 Å². The van der Waals surface area contributed by atoms with Gasteiger partial charge < -0.3 is 20.4 Å². The molecule has 1 aromatic rings. The average molecular weight is 262 g/mol. The Morgan fingerprint density at radius 3 is 2.47 bits per heavy atom. The van der Waals surface area contributed by atoms with Crippen molar-refractivity contribution in [3.8, 4) is 0 Å². The van der Waals surface area contributed by atoms with E-state index in [1.54, 1.807) is 4.90 Å². The average Bonchev–Trinajstić information content (AvgIpc) is 2.46. The Hall–Kier alpha value is -1.91. The Bertz CT molecular complexity index is 441. The van der Waals surface area contributed by atoms with Gasteiger partial charge in [0.25, 0.3) is 0 Å². The van der Waals surface area contributed by atoms with E-state index in [1.807, 2.05) is 43.1 Å². The van der Waals surface area contributed by atoms with Crippen molar-refractivity contribution in [2.45, 2.75) is 6.92 Å². The smallest absolute Gasteiger partial charge is 0.319 e. The highest BCUT2D eigenvalue weighted by atomic mass is 16.2. The van der Waals surface area contributed by atoms with Crippen molar-refractivity contribution >= 4 is 17.4 Å². The van der Waals surface area contributed by atoms with E-state index in [2.05, 4.69) is 4.90 Å². The highest BCUT2D eigenvalue weighted by molar-refractivity contribution is 5.75. The molecule has 0 saturated carbocycles. The normalized spacial score (nSPS) is 15.5. The van der Waals surface area contributed by atoms with Gasteiger partial charge in [0.05, 0.1) is 11.4 Å². The van der Waals surface area contributed by atoms with Gasteiger partial charge in [0.15, 0.2) is 0 Å². The molecule has 0 bridgehead atoms. The number of urea groups is 1. The van der Waals surface area contributed by atoms with Crippen molar-refractivity contribution in [1.29, 1.82) is 0 Å². The molecule has 1 aliphatic heterocycles. The Labute approximate surface area is 114 Å². The molecule has 0 aromatic heterocycles. The van der Waals surface area contributed by atoms with Crippen molar-refractivity contribution in [3.05, 3.63) is 24.3 Å². The molecule has 0 spiro atoms. The minimum atomic E-state index is 0.114. The second-order valence-corrected chi connectivity index (χ2v) is 4.83. The van der Waals surface area contributed by atoms with E-state index in [1.165, 1.54) is 0 Å². The maximum Gasteiger partial charge on any atom is 0.319 e. The molecule has 104 valence electrons. The molecule has 0 aliphatic carbocycles. The molecular formula is C14H22N4O. The Morgan fingerprint density at radius 2 is 1.89 bits per heavy atom. The van der Waals surface area contributed by atoms with Crippen LogP contribution < -0.4 is 10.6 Å². The van der Waals surface area contributed by atoms with Gasteiger partial charge in [0.2, 0.25) is 0 Å². The quantitative estimate of drug-likeness (QED) is 0.821. The zero-order chi connectivity index (χ0) is 13.8. The van der Waals surface area contributed by atoms with E-state index in [0.29, 0.717) is 0 Å². The number of nitrogens with two attached hydrogens (primary N) is 1. The summed E-state index contributed by atoms with van der Waals surface area (Å²) in [6.45, 7) is 5.88. The third-order valence-corrected chi connectivity index (χ3v) is 3.63. The molecule has 5 nitrogen and oxygen atoms in total. The predicted molar refractivity (Wildman–Crippen MR) is 78.3 cm³/mol. The number of nitrogen functional groups attached to an aromatic ring is 1. The molecule has 5 heteroatoms. The molecule has 2 N–H and O–H groups in total. The van der Waals surface area contributed by atoms with Crippen molar-refractivity contribution in [2.75, 3.05) is 50.4 Å². The van der Waals surface area contributed by atoms with Crippen LogP contribution in [-0.4, -0.2) is 55.6 Å². The lowest BCUT2D eigenvalue weighted by molar-refractivity contribution is 0.162. The number of carbonyl (C=O) groups is 1. The van der Waals surface area contributed by atoms with E-state index in [0.717, 1.165) is 44.1 Å². The number of rotatable bonds is 2. The number of anilines is 2. The van der Waals surface area contributed by atoms with Crippen molar-refractivity contribution in [1.82, 2.24) is 9.80 Å². The molecule has 0 radical (unpaired) electrons. The number of hydrogen-bond donors (Lipinski definition) is 1. The van der Waals surface area contributed by atoms with E-state index in [-0.39, 0.29) is 6.03 Å². The lowest BCUT2D eigenvalue weighted by Crippen LogP contribution is -2.52. The van der Waals surface area contributed by atoms with Gasteiger partial charge in [-0.1, -0.05) is 12.1 Å². The van der Waals surface area contributed by atoms with E-state index < -0.39 is 0 Å². The lowest BCUT2D eigenvalue weighted by Gasteiger charge is -2.38. The number of benzene rings is 1. The highest BCUT2D eigenvalue weighted by Gasteiger charge is 2.23. The number of nitrogens with zero attached hydrogens (tertiary/aromatic N) is 3. The minimum Gasteiger partial charge on any atom is -0.397 e. The van der Waals surface area contributed by atoms with E-state index in [4.69, 9.17) is 5.73 Å². The highest BCUT2D eigenvalue weighted by Crippen LogP contribution is 2.23. The summed E-state index contributed by atoms with van der Waals surface area (Å²) >= 11 is 0. The zero-order valence-corrected chi connectivity index (χ0v) is 11.7. The number of carbonyl (C=O) groups excluding carboxylic acids is 1. The third kappa shape index (κ3) is 2.92. The summed E-state index contributed by atoms with van der Waals surface area (Å²) in [5.74, 6) is 0. The maximum absolute atomic E-state index is 12.0. The molecule has 1 fully saturated rings. The van der Waals surface area contributed by atoms with Crippen LogP contribution in [0.1, 0.15) is 6.92 Å². The van der Waals surface area contributed by atoms with Crippen LogP contribution in [0.25, 0.3) is 0 Å². The van der Waals surface area contributed by atoms with E-state index >= 15 is 0 Å². The SMILES string of the molecule is CCN(C)C(=O)N1CCN(c2ccccc2N)CC1. The Morgan fingerprint density at radius 1 is 1.26 bits per heavy atom. The minimum absolute atomic E-state index is 0.114. The van der Waals surface area contributed by atoms with Crippen LogP contribution >= 0.6 is 0 Å².